The van der Waals surface area contributed by atoms with Gasteiger partial charge in [0.1, 0.15) is 23.5 Å². The van der Waals surface area contributed by atoms with Crippen molar-refractivity contribution in [3.8, 4) is 0 Å². The van der Waals surface area contributed by atoms with Gasteiger partial charge in [-0.25, -0.2) is 9.78 Å². The Hall–Kier alpha value is -3.12. The van der Waals surface area contributed by atoms with E-state index >= 15 is 0 Å². The summed E-state index contributed by atoms with van der Waals surface area (Å²) in [5.41, 5.74) is 0.565. The quantitative estimate of drug-likeness (QED) is 0.129. The van der Waals surface area contributed by atoms with Crippen LogP contribution in [-0.2, 0) is 30.5 Å². The van der Waals surface area contributed by atoms with Gasteiger partial charge in [0, 0.05) is 17.6 Å². The zero-order valence-electron chi connectivity index (χ0n) is 23.4. The van der Waals surface area contributed by atoms with Crippen LogP contribution in [0.25, 0.3) is 0 Å². The number of amides is 3. The Labute approximate surface area is 243 Å². The van der Waals surface area contributed by atoms with Crippen LogP contribution in [0.2, 0.25) is 0 Å². The molecule has 12 heteroatoms. The van der Waals surface area contributed by atoms with Gasteiger partial charge in [0.2, 0.25) is 5.91 Å². The van der Waals surface area contributed by atoms with Crippen molar-refractivity contribution >= 4 is 52.3 Å². The maximum absolute atomic E-state index is 13.2. The van der Waals surface area contributed by atoms with Crippen molar-refractivity contribution in [2.75, 3.05) is 12.0 Å². The first-order valence-corrected chi connectivity index (χ1v) is 15.5. The number of carbonyl (C=O) groups is 5. The number of allylic oxidation sites excluding steroid dienone is 2. The van der Waals surface area contributed by atoms with Gasteiger partial charge in [-0.15, -0.1) is 11.8 Å². The third kappa shape index (κ3) is 11.2. The van der Waals surface area contributed by atoms with Gasteiger partial charge in [0.25, 0.3) is 11.8 Å². The number of aromatic nitrogens is 1. The molecule has 0 unspecified atom stereocenters. The topological polar surface area (TPSA) is 144 Å². The molecule has 2 rings (SSSR count). The maximum atomic E-state index is 13.2. The van der Waals surface area contributed by atoms with Crippen LogP contribution in [0, 0.1) is 0 Å². The number of nitrogens with one attached hydrogen (secondary N) is 3. The van der Waals surface area contributed by atoms with E-state index in [2.05, 4.69) is 20.9 Å². The van der Waals surface area contributed by atoms with E-state index in [9.17, 15) is 24.0 Å². The van der Waals surface area contributed by atoms with Gasteiger partial charge >= 0.3 is 5.97 Å². The molecule has 40 heavy (non-hydrogen) atoms. The summed E-state index contributed by atoms with van der Waals surface area (Å²) in [7, 11) is 0. The predicted molar refractivity (Wildman–Crippen MR) is 157 cm³/mol. The van der Waals surface area contributed by atoms with Crippen LogP contribution < -0.4 is 16.0 Å². The summed E-state index contributed by atoms with van der Waals surface area (Å²) < 4.78 is 5.70. The van der Waals surface area contributed by atoms with Crippen LogP contribution in [-0.4, -0.2) is 57.9 Å². The molecule has 1 aliphatic rings. The summed E-state index contributed by atoms with van der Waals surface area (Å²) >= 11 is 2.52. The number of fused-ring (bicyclic) bond motifs is 2. The minimum atomic E-state index is -0.978. The Balaban J connectivity index is 2.40. The Morgan fingerprint density at radius 1 is 1.18 bits per heavy atom. The highest BCUT2D eigenvalue weighted by molar-refractivity contribution is 8.13. The highest BCUT2D eigenvalue weighted by Crippen LogP contribution is 2.20. The largest absolute Gasteiger partial charge is 0.456 e. The highest BCUT2D eigenvalue weighted by Gasteiger charge is 2.28. The minimum absolute atomic E-state index is 0.00796. The molecule has 0 saturated heterocycles. The molecule has 1 aromatic rings. The minimum Gasteiger partial charge on any atom is -0.456 e. The van der Waals surface area contributed by atoms with Crippen molar-refractivity contribution in [1.29, 1.82) is 0 Å². The number of cyclic esters (lactones) is 1. The summed E-state index contributed by atoms with van der Waals surface area (Å²) in [6, 6.07) is 2.47. The first kappa shape index (κ1) is 33.1. The molecule has 2 atom stereocenters. The number of ether oxygens (including phenoxy) is 1. The van der Waals surface area contributed by atoms with Crippen LogP contribution >= 0.6 is 23.5 Å². The molecule has 3 N–H and O–H groups in total. The normalized spacial score (nSPS) is 20.1. The fraction of sp³-hybridized carbons (Fsp3) is 0.500. The van der Waals surface area contributed by atoms with E-state index in [4.69, 9.17) is 4.74 Å². The number of pyridine rings is 1. The van der Waals surface area contributed by atoms with Gasteiger partial charge in [-0.3, -0.25) is 19.2 Å². The highest BCUT2D eigenvalue weighted by atomic mass is 32.2. The number of unbranched alkanes of at least 4 members (excludes halogenated alkanes) is 2. The molecule has 3 amide bonds. The van der Waals surface area contributed by atoms with E-state index in [1.54, 1.807) is 31.2 Å². The van der Waals surface area contributed by atoms with Crippen LogP contribution in [0.15, 0.2) is 41.0 Å². The first-order valence-electron chi connectivity index (χ1n) is 13.3. The number of rotatable bonds is 9. The second kappa shape index (κ2) is 17.5. The van der Waals surface area contributed by atoms with Gasteiger partial charge in [0.05, 0.1) is 18.7 Å². The van der Waals surface area contributed by atoms with Gasteiger partial charge < -0.3 is 20.7 Å². The van der Waals surface area contributed by atoms with E-state index < -0.39 is 29.9 Å². The monoisotopic (exact) mass is 590 g/mol. The average Bonchev–Trinajstić information content (AvgIpc) is 2.92. The van der Waals surface area contributed by atoms with E-state index in [0.717, 1.165) is 12.8 Å². The Kier molecular flexibility index (Phi) is 14.5. The summed E-state index contributed by atoms with van der Waals surface area (Å²) in [5, 5.41) is 8.08. The number of nitrogens with zero attached hydrogens (tertiary/aromatic N) is 1. The molecule has 1 aromatic heterocycles. The SMILES string of the molecule is C/C=C1\NC(=O)c2nc(ccc2SC)CNC(=O)C[C@@H](/C=C/CCSC(C)=O)OC(=O)[C@H](CCCCC)NC1=O. The molecule has 0 aromatic carbocycles. The first-order chi connectivity index (χ1) is 19.2. The molecular weight excluding hydrogens is 552 g/mol. The Morgan fingerprint density at radius 3 is 2.62 bits per heavy atom. The summed E-state index contributed by atoms with van der Waals surface area (Å²) in [6.07, 6.45) is 8.97. The second-order valence-corrected chi connectivity index (χ2v) is 11.2. The maximum Gasteiger partial charge on any atom is 0.329 e. The molecule has 2 heterocycles. The van der Waals surface area contributed by atoms with Crippen LogP contribution in [0.3, 0.4) is 0 Å². The van der Waals surface area contributed by atoms with Gasteiger partial charge in [-0.2, -0.15) is 0 Å². The number of thioether (sulfide) groups is 2. The molecule has 0 radical (unpaired) electrons. The van der Waals surface area contributed by atoms with Crippen molar-refractivity contribution in [2.45, 2.75) is 82.9 Å². The van der Waals surface area contributed by atoms with E-state index in [1.807, 2.05) is 13.2 Å². The molecule has 218 valence electrons. The molecule has 0 aliphatic carbocycles. The third-order valence-corrected chi connectivity index (χ3v) is 7.50. The molecule has 0 saturated carbocycles. The fourth-order valence-corrected chi connectivity index (χ4v) is 4.86. The molecule has 1 aliphatic heterocycles. The summed E-state index contributed by atoms with van der Waals surface area (Å²) in [6.45, 7) is 5.19. The molecule has 2 bridgehead atoms. The van der Waals surface area contributed by atoms with E-state index in [0.29, 0.717) is 35.6 Å². The molecule has 0 fully saturated rings. The lowest BCUT2D eigenvalue weighted by atomic mass is 10.1. The number of hydrogen-bond acceptors (Lipinski definition) is 9. The summed E-state index contributed by atoms with van der Waals surface area (Å²) in [5.74, 6) is -1.69. The lowest BCUT2D eigenvalue weighted by Crippen LogP contribution is -2.46. The lowest BCUT2D eigenvalue weighted by Gasteiger charge is -2.22. The molecular formula is C28H38N4O6S2. The summed E-state index contributed by atoms with van der Waals surface area (Å²) in [4.78, 5) is 68.5. The number of carbonyl (C=O) groups excluding carboxylic acids is 5. The van der Waals surface area contributed by atoms with Crippen LogP contribution in [0.5, 0.6) is 0 Å². The van der Waals surface area contributed by atoms with Crippen LogP contribution in [0.1, 0.15) is 75.5 Å². The number of esters is 1. The lowest BCUT2D eigenvalue weighted by molar-refractivity contribution is -0.152. The van der Waals surface area contributed by atoms with Crippen LogP contribution in [0.4, 0.5) is 0 Å². The molecule has 10 nitrogen and oxygen atoms in total. The molecule has 0 spiro atoms. The Bertz CT molecular complexity index is 1140. The standard InChI is InChI=1S/C28H38N4O6S2/c1-5-7-8-12-22-28(37)38-20(11-9-10-15-40-18(3)33)16-24(34)29-17-19-13-14-23(39-4)25(30-19)27(36)31-21(6-2)26(35)32-22/h6,9,11,13-14,20,22H,5,7-8,10,12,15-17H2,1-4H3,(H,29,34)(H,31,36)(H,32,35)/b11-9+,21-6-/t20-,22+/m1/s1. The average molecular weight is 591 g/mol. The fourth-order valence-electron chi connectivity index (χ4n) is 3.78. The Morgan fingerprint density at radius 2 is 1.95 bits per heavy atom. The van der Waals surface area contributed by atoms with E-state index in [-0.39, 0.29) is 35.4 Å². The van der Waals surface area contributed by atoms with Crippen molar-refractivity contribution in [3.63, 3.8) is 0 Å². The number of hydrogen-bond donors (Lipinski definition) is 3. The van der Waals surface area contributed by atoms with Crippen molar-refractivity contribution in [1.82, 2.24) is 20.9 Å². The third-order valence-electron chi connectivity index (χ3n) is 5.88. The smallest absolute Gasteiger partial charge is 0.329 e. The zero-order chi connectivity index (χ0) is 29.5. The van der Waals surface area contributed by atoms with Gasteiger partial charge in [0.15, 0.2) is 5.12 Å². The van der Waals surface area contributed by atoms with Crippen molar-refractivity contribution in [2.24, 2.45) is 0 Å². The van der Waals surface area contributed by atoms with E-state index in [1.165, 1.54) is 36.5 Å². The van der Waals surface area contributed by atoms with Gasteiger partial charge in [-0.05, 0) is 44.2 Å². The van der Waals surface area contributed by atoms with Crippen molar-refractivity contribution in [3.05, 3.63) is 47.4 Å². The van der Waals surface area contributed by atoms with Gasteiger partial charge in [-0.1, -0.05) is 50.1 Å². The second-order valence-electron chi connectivity index (χ2n) is 9.04. The van der Waals surface area contributed by atoms with Crippen molar-refractivity contribution < 1.29 is 28.7 Å². The zero-order valence-corrected chi connectivity index (χ0v) is 25.0. The predicted octanol–water partition coefficient (Wildman–Crippen LogP) is 3.66.